The number of aliphatic hydroxyl groups is 1. The molecule has 0 unspecified atom stereocenters. The molecule has 1 aromatic carbocycles. The number of hydrogen-bond acceptors (Lipinski definition) is 3. The SMILES string of the molecule is N=C(N)c1c(Cl)cccc1N(CCO)C1CCCCC1. The predicted molar refractivity (Wildman–Crippen MR) is 83.8 cm³/mol. The highest BCUT2D eigenvalue weighted by Crippen LogP contribution is 2.32. The molecule has 5 heteroatoms. The third-order valence-corrected chi connectivity index (χ3v) is 4.24. The summed E-state index contributed by atoms with van der Waals surface area (Å²) >= 11 is 6.20. The molecule has 0 spiro atoms. The van der Waals surface area contributed by atoms with Crippen LogP contribution < -0.4 is 10.6 Å². The second kappa shape index (κ2) is 6.95. The lowest BCUT2D eigenvalue weighted by Crippen LogP contribution is -2.40. The third kappa shape index (κ3) is 3.25. The smallest absolute Gasteiger partial charge is 0.126 e. The zero-order chi connectivity index (χ0) is 14.5. The predicted octanol–water partition coefficient (Wildman–Crippen LogP) is 2.76. The highest BCUT2D eigenvalue weighted by molar-refractivity contribution is 6.34. The van der Waals surface area contributed by atoms with Crippen LogP contribution >= 0.6 is 11.6 Å². The van der Waals surface area contributed by atoms with Gasteiger partial charge in [-0.25, -0.2) is 0 Å². The average molecular weight is 296 g/mol. The number of nitrogen functional groups attached to an aromatic ring is 1. The molecule has 0 amide bonds. The number of benzene rings is 1. The van der Waals surface area contributed by atoms with Crippen molar-refractivity contribution in [2.45, 2.75) is 38.1 Å². The van der Waals surface area contributed by atoms with Crippen molar-refractivity contribution in [1.82, 2.24) is 0 Å². The Morgan fingerprint density at radius 3 is 2.65 bits per heavy atom. The third-order valence-electron chi connectivity index (χ3n) is 3.93. The largest absolute Gasteiger partial charge is 0.395 e. The van der Waals surface area contributed by atoms with Crippen LogP contribution in [0.4, 0.5) is 5.69 Å². The van der Waals surface area contributed by atoms with E-state index < -0.39 is 0 Å². The topological polar surface area (TPSA) is 73.3 Å². The van der Waals surface area contributed by atoms with E-state index >= 15 is 0 Å². The first kappa shape index (κ1) is 15.1. The molecule has 1 fully saturated rings. The molecule has 0 saturated heterocycles. The molecule has 1 aliphatic carbocycles. The Morgan fingerprint density at radius 2 is 2.05 bits per heavy atom. The summed E-state index contributed by atoms with van der Waals surface area (Å²) in [6, 6.07) is 5.96. The van der Waals surface area contributed by atoms with Crippen LogP contribution in [0.5, 0.6) is 0 Å². The van der Waals surface area contributed by atoms with Crippen molar-refractivity contribution in [3.63, 3.8) is 0 Å². The normalized spacial score (nSPS) is 16.1. The molecule has 1 saturated carbocycles. The summed E-state index contributed by atoms with van der Waals surface area (Å²) in [6.45, 7) is 0.631. The standard InChI is InChI=1S/C15H22ClN3O/c16-12-7-4-8-13(14(12)15(17)18)19(9-10-20)11-5-2-1-3-6-11/h4,7-8,11,20H,1-3,5-6,9-10H2,(H3,17,18). The van der Waals surface area contributed by atoms with Gasteiger partial charge >= 0.3 is 0 Å². The molecule has 0 aromatic heterocycles. The average Bonchev–Trinajstić information content (AvgIpc) is 2.45. The number of anilines is 1. The minimum atomic E-state index is -0.0238. The van der Waals surface area contributed by atoms with E-state index in [1.807, 2.05) is 12.1 Å². The summed E-state index contributed by atoms with van der Waals surface area (Å²) in [5.74, 6) is -0.0238. The first-order chi connectivity index (χ1) is 9.65. The number of hydrogen-bond donors (Lipinski definition) is 3. The van der Waals surface area contributed by atoms with Gasteiger partial charge in [-0.1, -0.05) is 36.9 Å². The van der Waals surface area contributed by atoms with E-state index in [1.165, 1.54) is 19.3 Å². The van der Waals surface area contributed by atoms with Gasteiger partial charge in [0.1, 0.15) is 5.84 Å². The number of nitrogens with two attached hydrogens (primary N) is 1. The monoisotopic (exact) mass is 295 g/mol. The van der Waals surface area contributed by atoms with E-state index in [2.05, 4.69) is 4.90 Å². The van der Waals surface area contributed by atoms with Crippen molar-refractivity contribution < 1.29 is 5.11 Å². The number of nitrogens with one attached hydrogen (secondary N) is 1. The molecule has 4 N–H and O–H groups in total. The molecule has 1 aliphatic rings. The van der Waals surface area contributed by atoms with E-state index in [9.17, 15) is 5.11 Å². The highest BCUT2D eigenvalue weighted by Gasteiger charge is 2.24. The van der Waals surface area contributed by atoms with Crippen LogP contribution in [0, 0.1) is 5.41 Å². The second-order valence-corrected chi connectivity index (χ2v) is 5.66. The summed E-state index contributed by atoms with van der Waals surface area (Å²) in [7, 11) is 0. The van der Waals surface area contributed by atoms with E-state index in [-0.39, 0.29) is 12.4 Å². The number of nitrogens with zero attached hydrogens (tertiary/aromatic N) is 1. The van der Waals surface area contributed by atoms with Crippen LogP contribution in [0.15, 0.2) is 18.2 Å². The number of aliphatic hydroxyl groups excluding tert-OH is 1. The highest BCUT2D eigenvalue weighted by atomic mass is 35.5. The van der Waals surface area contributed by atoms with Gasteiger partial charge in [-0.3, -0.25) is 5.41 Å². The summed E-state index contributed by atoms with van der Waals surface area (Å²) in [6.07, 6.45) is 5.93. The molecule has 0 heterocycles. The lowest BCUT2D eigenvalue weighted by Gasteiger charge is -2.37. The maximum atomic E-state index is 9.37. The fourth-order valence-electron chi connectivity index (χ4n) is 3.02. The van der Waals surface area contributed by atoms with Gasteiger partial charge in [0.2, 0.25) is 0 Å². The van der Waals surface area contributed by atoms with Gasteiger partial charge in [0.15, 0.2) is 0 Å². The van der Waals surface area contributed by atoms with Crippen molar-refractivity contribution in [3.05, 3.63) is 28.8 Å². The van der Waals surface area contributed by atoms with Gasteiger partial charge in [-0.2, -0.15) is 0 Å². The van der Waals surface area contributed by atoms with Crippen LogP contribution in [-0.4, -0.2) is 30.1 Å². The van der Waals surface area contributed by atoms with E-state index in [0.29, 0.717) is 23.2 Å². The minimum absolute atomic E-state index is 0.0238. The van der Waals surface area contributed by atoms with Crippen molar-refractivity contribution in [2.75, 3.05) is 18.1 Å². The molecule has 4 nitrogen and oxygen atoms in total. The fraction of sp³-hybridized carbons (Fsp3) is 0.533. The van der Waals surface area contributed by atoms with Crippen LogP contribution in [0.25, 0.3) is 0 Å². The van der Waals surface area contributed by atoms with Crippen molar-refractivity contribution in [1.29, 1.82) is 5.41 Å². The maximum Gasteiger partial charge on any atom is 0.126 e. The summed E-state index contributed by atoms with van der Waals surface area (Å²) in [5.41, 5.74) is 7.13. The van der Waals surface area contributed by atoms with Gasteiger partial charge in [-0.05, 0) is 25.0 Å². The molecule has 1 aromatic rings. The molecule has 0 atom stereocenters. The second-order valence-electron chi connectivity index (χ2n) is 5.26. The van der Waals surface area contributed by atoms with Crippen LogP contribution in [-0.2, 0) is 0 Å². The summed E-state index contributed by atoms with van der Waals surface area (Å²) in [4.78, 5) is 2.17. The Bertz CT molecular complexity index is 472. The Kier molecular flexibility index (Phi) is 5.26. The lowest BCUT2D eigenvalue weighted by atomic mass is 9.93. The number of amidine groups is 1. The number of rotatable bonds is 5. The van der Waals surface area contributed by atoms with Crippen LogP contribution in [0.2, 0.25) is 5.02 Å². The first-order valence-corrected chi connectivity index (χ1v) is 7.53. The molecule has 2 rings (SSSR count). The molecular formula is C15H22ClN3O. The van der Waals surface area contributed by atoms with Crippen LogP contribution in [0.1, 0.15) is 37.7 Å². The van der Waals surface area contributed by atoms with E-state index in [4.69, 9.17) is 22.7 Å². The molecule has 0 bridgehead atoms. The van der Waals surface area contributed by atoms with Gasteiger partial charge in [-0.15, -0.1) is 0 Å². The molecule has 20 heavy (non-hydrogen) atoms. The van der Waals surface area contributed by atoms with Crippen molar-refractivity contribution >= 4 is 23.1 Å². The Labute approximate surface area is 125 Å². The molecular weight excluding hydrogens is 274 g/mol. The lowest BCUT2D eigenvalue weighted by molar-refractivity contribution is 0.290. The molecule has 0 aliphatic heterocycles. The zero-order valence-corrected chi connectivity index (χ0v) is 12.4. The Morgan fingerprint density at radius 1 is 1.35 bits per heavy atom. The van der Waals surface area contributed by atoms with Crippen LogP contribution in [0.3, 0.4) is 0 Å². The zero-order valence-electron chi connectivity index (χ0n) is 11.6. The fourth-order valence-corrected chi connectivity index (χ4v) is 3.29. The molecule has 0 radical (unpaired) electrons. The van der Waals surface area contributed by atoms with Gasteiger partial charge in [0, 0.05) is 18.3 Å². The molecule has 110 valence electrons. The van der Waals surface area contributed by atoms with Gasteiger partial charge in [0.05, 0.1) is 17.2 Å². The summed E-state index contributed by atoms with van der Waals surface area (Å²) in [5, 5.41) is 17.6. The summed E-state index contributed by atoms with van der Waals surface area (Å²) < 4.78 is 0. The van der Waals surface area contributed by atoms with Crippen molar-refractivity contribution in [3.8, 4) is 0 Å². The number of halogens is 1. The van der Waals surface area contributed by atoms with E-state index in [0.717, 1.165) is 18.5 Å². The Balaban J connectivity index is 2.38. The first-order valence-electron chi connectivity index (χ1n) is 7.15. The Hall–Kier alpha value is -1.26. The van der Waals surface area contributed by atoms with E-state index in [1.54, 1.807) is 6.07 Å². The van der Waals surface area contributed by atoms with Gasteiger partial charge < -0.3 is 15.7 Å². The minimum Gasteiger partial charge on any atom is -0.395 e. The van der Waals surface area contributed by atoms with Gasteiger partial charge in [0.25, 0.3) is 0 Å². The quantitative estimate of drug-likeness (QED) is 0.578. The van der Waals surface area contributed by atoms with Crippen molar-refractivity contribution in [2.24, 2.45) is 5.73 Å². The maximum absolute atomic E-state index is 9.37.